The average Bonchev–Trinajstić information content (AvgIpc) is 3.27. The van der Waals surface area contributed by atoms with Crippen LogP contribution in [0.3, 0.4) is 0 Å². The molecule has 1 unspecified atom stereocenters. The van der Waals surface area contributed by atoms with Crippen LogP contribution in [0, 0.1) is 25.2 Å². The molecule has 5 rings (SSSR count). The summed E-state index contributed by atoms with van der Waals surface area (Å²) < 4.78 is 8.36. The van der Waals surface area contributed by atoms with Crippen molar-refractivity contribution in [3.05, 3.63) is 89.4 Å². The number of hydrogen-bond acceptors (Lipinski definition) is 7. The van der Waals surface area contributed by atoms with E-state index in [-0.39, 0.29) is 6.04 Å². The molecule has 1 aromatic heterocycles. The number of hydrogen-bond donors (Lipinski definition) is 1. The predicted octanol–water partition coefficient (Wildman–Crippen LogP) is 5.57. The van der Waals surface area contributed by atoms with Crippen molar-refractivity contribution < 1.29 is 4.74 Å². The van der Waals surface area contributed by atoms with Crippen molar-refractivity contribution in [1.29, 1.82) is 5.26 Å². The Morgan fingerprint density at radius 1 is 1.00 bits per heavy atom. The van der Waals surface area contributed by atoms with E-state index in [2.05, 4.69) is 33.6 Å². The van der Waals surface area contributed by atoms with Gasteiger partial charge in [-0.15, -0.1) is 0 Å². The Kier molecular flexibility index (Phi) is 7.54. The Balaban J connectivity index is 0.00000156. The summed E-state index contributed by atoms with van der Waals surface area (Å²) in [6.07, 6.45) is 7.73. The molecule has 2 aromatic carbocycles. The lowest BCUT2D eigenvalue weighted by Gasteiger charge is -2.27. The molecule has 3 heterocycles. The molecule has 0 aliphatic carbocycles. The van der Waals surface area contributed by atoms with Crippen LogP contribution in [0.5, 0.6) is 5.75 Å². The van der Waals surface area contributed by atoms with Gasteiger partial charge in [0.05, 0.1) is 23.0 Å². The molecule has 0 saturated heterocycles. The summed E-state index contributed by atoms with van der Waals surface area (Å²) in [5, 5.41) is 16.6. The van der Waals surface area contributed by atoms with Crippen molar-refractivity contribution in [1.82, 2.24) is 14.7 Å². The van der Waals surface area contributed by atoms with E-state index in [9.17, 15) is 0 Å². The fourth-order valence-electron chi connectivity index (χ4n) is 4.18. The fraction of sp³-hybridized carbons (Fsp3) is 0.241. The van der Waals surface area contributed by atoms with E-state index in [0.717, 1.165) is 39.5 Å². The molecular weight excluding hydrogens is 462 g/mol. The number of nitrogens with zero attached hydrogens (tertiary/aromatic N) is 6. The number of benzene rings is 2. The predicted molar refractivity (Wildman–Crippen MR) is 149 cm³/mol. The van der Waals surface area contributed by atoms with Gasteiger partial charge in [-0.1, -0.05) is 13.8 Å². The highest BCUT2D eigenvalue weighted by Crippen LogP contribution is 2.31. The Labute approximate surface area is 217 Å². The highest BCUT2D eigenvalue weighted by Gasteiger charge is 2.27. The molecule has 37 heavy (non-hydrogen) atoms. The third-order valence-corrected chi connectivity index (χ3v) is 6.01. The van der Waals surface area contributed by atoms with Crippen molar-refractivity contribution in [2.45, 2.75) is 33.7 Å². The second-order valence-corrected chi connectivity index (χ2v) is 8.60. The number of aliphatic imine (C=N–C) groups is 2. The number of likely N-dealkylation sites (N-methyl/N-ethyl adjacent to an activating group) is 1. The summed E-state index contributed by atoms with van der Waals surface area (Å²) >= 11 is 0. The van der Waals surface area contributed by atoms with Crippen LogP contribution in [0.15, 0.2) is 82.7 Å². The molecule has 0 amide bonds. The zero-order chi connectivity index (χ0) is 26.5. The van der Waals surface area contributed by atoms with Gasteiger partial charge in [-0.05, 0) is 79.6 Å². The van der Waals surface area contributed by atoms with Crippen LogP contribution < -0.4 is 10.1 Å². The Hall–Kier alpha value is -4.64. The van der Waals surface area contributed by atoms with Gasteiger partial charge >= 0.3 is 0 Å². The standard InChI is InChI=1S/C27H25N7O.C2H6/c1-17-13-20(23-9-11-29-34(23)4)14-18(2)25(17)35-26-24-15-22(10-12-33(24)3)31-27(32-26)30-21-7-5-19(16-28)6-8-21;1-2/h5-15,24H,1-4H3,(H,30,31);1-2H3. The lowest BCUT2D eigenvalue weighted by atomic mass is 10.0. The number of aryl methyl sites for hydroxylation is 3. The van der Waals surface area contributed by atoms with E-state index in [0.29, 0.717) is 17.4 Å². The zero-order valence-corrected chi connectivity index (χ0v) is 22.0. The molecule has 8 heteroatoms. The first-order valence-electron chi connectivity index (χ1n) is 12.2. The third kappa shape index (κ3) is 5.46. The number of anilines is 1. The van der Waals surface area contributed by atoms with Gasteiger partial charge in [0.25, 0.3) is 0 Å². The first-order chi connectivity index (χ1) is 17.9. The number of guanidine groups is 1. The Morgan fingerprint density at radius 3 is 2.32 bits per heavy atom. The van der Waals surface area contributed by atoms with Gasteiger partial charge in [-0.2, -0.15) is 15.4 Å². The fourth-order valence-corrected chi connectivity index (χ4v) is 4.18. The van der Waals surface area contributed by atoms with E-state index in [4.69, 9.17) is 15.0 Å². The van der Waals surface area contributed by atoms with Crippen molar-refractivity contribution >= 4 is 17.5 Å². The zero-order valence-electron chi connectivity index (χ0n) is 22.0. The first kappa shape index (κ1) is 25.5. The van der Waals surface area contributed by atoms with Gasteiger partial charge in [0, 0.05) is 37.7 Å². The van der Waals surface area contributed by atoms with Crippen LogP contribution in [0.2, 0.25) is 0 Å². The minimum atomic E-state index is -0.199. The van der Waals surface area contributed by atoms with Crippen LogP contribution in [0.25, 0.3) is 11.3 Å². The molecular formula is C29H31N7O. The van der Waals surface area contributed by atoms with Crippen LogP contribution in [0.4, 0.5) is 5.69 Å². The van der Waals surface area contributed by atoms with Gasteiger partial charge in [0.15, 0.2) is 0 Å². The van der Waals surface area contributed by atoms with Crippen LogP contribution in [0.1, 0.15) is 30.5 Å². The monoisotopic (exact) mass is 493 g/mol. The van der Waals surface area contributed by atoms with Gasteiger partial charge in [-0.3, -0.25) is 4.68 Å². The number of nitriles is 1. The largest absolute Gasteiger partial charge is 0.440 e. The maximum Gasteiger partial charge on any atom is 0.230 e. The average molecular weight is 494 g/mol. The Bertz CT molecular complexity index is 1430. The molecule has 0 fully saturated rings. The molecule has 0 radical (unpaired) electrons. The number of allylic oxidation sites excluding steroid dienone is 1. The van der Waals surface area contributed by atoms with E-state index in [1.54, 1.807) is 18.3 Å². The van der Waals surface area contributed by atoms with E-state index in [1.165, 1.54) is 0 Å². The minimum absolute atomic E-state index is 0.199. The first-order valence-corrected chi connectivity index (χ1v) is 12.2. The van der Waals surface area contributed by atoms with Crippen LogP contribution >= 0.6 is 0 Å². The molecule has 1 atom stereocenters. The highest BCUT2D eigenvalue weighted by atomic mass is 16.5. The Morgan fingerprint density at radius 2 is 1.70 bits per heavy atom. The molecule has 2 aliphatic heterocycles. The molecule has 0 spiro atoms. The van der Waals surface area contributed by atoms with Crippen molar-refractivity contribution in [3.8, 4) is 23.1 Å². The van der Waals surface area contributed by atoms with Crippen molar-refractivity contribution in [3.63, 3.8) is 0 Å². The second kappa shape index (κ2) is 11.0. The van der Waals surface area contributed by atoms with Crippen LogP contribution in [-0.2, 0) is 7.05 Å². The quantitative estimate of drug-likeness (QED) is 0.515. The summed E-state index contributed by atoms with van der Waals surface area (Å²) in [5.41, 5.74) is 6.31. The number of fused-ring (bicyclic) bond motifs is 1. The SMILES string of the molecule is CC.Cc1cc(-c2ccnn2C)cc(C)c1OC1=NC(Nc2ccc(C#N)cc2)=NC2=CC1N(C)C=C2. The summed E-state index contributed by atoms with van der Waals surface area (Å²) in [6.45, 7) is 8.07. The molecule has 8 nitrogen and oxygen atoms in total. The molecule has 1 N–H and O–H groups in total. The molecule has 3 aromatic rings. The van der Waals surface area contributed by atoms with Gasteiger partial charge in [0.1, 0.15) is 11.8 Å². The van der Waals surface area contributed by atoms with Gasteiger partial charge < -0.3 is 15.0 Å². The molecule has 188 valence electrons. The summed E-state index contributed by atoms with van der Waals surface area (Å²) in [7, 11) is 3.92. The number of nitrogens with one attached hydrogen (secondary N) is 1. The summed E-state index contributed by atoms with van der Waals surface area (Å²) in [5.74, 6) is 1.71. The van der Waals surface area contributed by atoms with Crippen LogP contribution in [-0.4, -0.2) is 39.6 Å². The molecule has 2 bridgehead atoms. The van der Waals surface area contributed by atoms with Gasteiger partial charge in [-0.25, -0.2) is 4.99 Å². The van der Waals surface area contributed by atoms with E-state index < -0.39 is 0 Å². The maximum absolute atomic E-state index is 9.06. The number of aromatic nitrogens is 2. The van der Waals surface area contributed by atoms with E-state index in [1.807, 2.05) is 87.9 Å². The second-order valence-electron chi connectivity index (χ2n) is 8.60. The summed E-state index contributed by atoms with van der Waals surface area (Å²) in [6, 6.07) is 15.3. The minimum Gasteiger partial charge on any atom is -0.440 e. The lowest BCUT2D eigenvalue weighted by Crippen LogP contribution is -2.38. The smallest absolute Gasteiger partial charge is 0.230 e. The normalized spacial score (nSPS) is 15.9. The summed E-state index contributed by atoms with van der Waals surface area (Å²) in [4.78, 5) is 11.5. The van der Waals surface area contributed by atoms with Crippen molar-refractivity contribution in [2.24, 2.45) is 17.0 Å². The lowest BCUT2D eigenvalue weighted by molar-refractivity contribution is 0.399. The number of ether oxygens (including phenoxy) is 1. The van der Waals surface area contributed by atoms with Crippen molar-refractivity contribution in [2.75, 3.05) is 12.4 Å². The molecule has 0 saturated carbocycles. The third-order valence-electron chi connectivity index (χ3n) is 6.01. The molecule has 2 aliphatic rings. The van der Waals surface area contributed by atoms with Gasteiger partial charge in [0.2, 0.25) is 11.9 Å². The highest BCUT2D eigenvalue weighted by molar-refractivity contribution is 6.05. The number of rotatable bonds is 3. The van der Waals surface area contributed by atoms with E-state index >= 15 is 0 Å². The topological polar surface area (TPSA) is 90.8 Å². The maximum atomic E-state index is 9.06.